The third-order valence-electron chi connectivity index (χ3n) is 23.9. The van der Waals surface area contributed by atoms with Crippen molar-refractivity contribution in [2.75, 3.05) is 39.3 Å². The van der Waals surface area contributed by atoms with Gasteiger partial charge in [-0.3, -0.25) is 81.9 Å². The van der Waals surface area contributed by atoms with E-state index in [0.29, 0.717) is 144 Å². The average Bonchev–Trinajstić information content (AvgIpc) is 1.24. The number of amides is 15. The molecule has 0 aliphatic heterocycles. The molecule has 15 amide bonds. The highest BCUT2D eigenvalue weighted by molar-refractivity contribution is 6.01. The van der Waals surface area contributed by atoms with Gasteiger partial charge in [0.1, 0.15) is 54.4 Å². The van der Waals surface area contributed by atoms with Crippen molar-refractivity contribution in [3.8, 4) is 11.4 Å². The van der Waals surface area contributed by atoms with Crippen LogP contribution in [0.5, 0.6) is 0 Å². The molecule has 0 bridgehead atoms. The van der Waals surface area contributed by atoms with Gasteiger partial charge >= 0.3 is 0 Å². The molecule has 4 rings (SSSR count). The van der Waals surface area contributed by atoms with E-state index in [-0.39, 0.29) is 130 Å². The molecule has 39 nitrogen and oxygen atoms in total. The first-order valence-corrected chi connectivity index (χ1v) is 50.5. The van der Waals surface area contributed by atoms with Crippen molar-refractivity contribution in [2.24, 2.45) is 53.3 Å². The number of H-pyrrole nitrogens is 1. The molecule has 0 aliphatic carbocycles. The molecule has 0 radical (unpaired) electrons. The number of hydrogen-bond donors (Lipinski definition) is 19. The highest BCUT2D eigenvalue weighted by atomic mass is 16.2. The molecular formula is C101H172N24O15. The van der Waals surface area contributed by atoms with Crippen LogP contribution in [0.1, 0.15) is 295 Å². The van der Waals surface area contributed by atoms with Gasteiger partial charge < -0.3 is 95.7 Å². The monoisotopic (exact) mass is 1960 g/mol. The number of likely N-dealkylation sites (N-methyl/N-ethyl adjacent to an activating group) is 3. The van der Waals surface area contributed by atoms with E-state index in [4.69, 9.17) is 0 Å². The average molecular weight is 1960 g/mol. The lowest BCUT2D eigenvalue weighted by Gasteiger charge is -2.29. The Bertz CT molecular complexity index is 4240. The SMILES string of the molecule is CCC[C@H](NC(=O)[C@@H](NC(=O)c1cccc(-c2nn[nH]n2)c1)[C@@H](C)CC)C(=O)N[C@H](CN[C@@H](C)C(=O)N[C@H](C(=O)NCC)C(C)C)CC(C)C.CCC[C@H](NC(=O)[C@@H](NC(=O)c1cccnc1)[C@@H](C)CC)C(=O)N[C@H](CN[C@@H](C)C(=O)N[C@H](C(=O)NCC)C(C)C)CC(C)C.CCC[C@H](NC(=O)[C@@H](NC(=O)c1ccncc1)[C@@H](C)CC)C(=O)N[C@H](CN[C@@H](C)C(=O)N[C@H](C(=O)NCC)C(C)C)CC(C)C. The highest BCUT2D eigenvalue weighted by Crippen LogP contribution is 2.21. The van der Waals surface area contributed by atoms with Crippen LogP contribution < -0.4 is 95.7 Å². The van der Waals surface area contributed by atoms with Crippen LogP contribution in [0.15, 0.2) is 73.3 Å². The van der Waals surface area contributed by atoms with Gasteiger partial charge in [-0.1, -0.05) is 196 Å². The van der Waals surface area contributed by atoms with E-state index >= 15 is 0 Å². The van der Waals surface area contributed by atoms with Gasteiger partial charge in [0.2, 0.25) is 76.7 Å². The number of nitrogens with zero attached hydrogens (tertiary/aromatic N) is 5. The Hall–Kier alpha value is -11.5. The summed E-state index contributed by atoms with van der Waals surface area (Å²) in [6, 6.07) is 3.35. The van der Waals surface area contributed by atoms with Gasteiger partial charge in [-0.05, 0) is 175 Å². The summed E-state index contributed by atoms with van der Waals surface area (Å²) in [5.41, 5.74) is 1.66. The number of carbonyl (C=O) groups is 15. The Morgan fingerprint density at radius 3 is 0.914 bits per heavy atom. The Labute approximate surface area is 831 Å². The zero-order chi connectivity index (χ0) is 106. The summed E-state index contributed by atoms with van der Waals surface area (Å²) in [6.45, 7) is 53.7. The van der Waals surface area contributed by atoms with Crippen molar-refractivity contribution in [1.82, 2.24) is 126 Å². The fourth-order valence-electron chi connectivity index (χ4n) is 15.0. The summed E-state index contributed by atoms with van der Waals surface area (Å²) in [6.07, 6.45) is 13.0. The lowest BCUT2D eigenvalue weighted by Crippen LogP contribution is -2.58. The Kier molecular flexibility index (Phi) is 59.6. The molecule has 39 heteroatoms. The first-order valence-electron chi connectivity index (χ1n) is 50.5. The number of aromatic nitrogens is 6. The summed E-state index contributed by atoms with van der Waals surface area (Å²) < 4.78 is 0. The maximum atomic E-state index is 13.7. The van der Waals surface area contributed by atoms with Crippen LogP contribution >= 0.6 is 0 Å². The van der Waals surface area contributed by atoms with Crippen LogP contribution in [0.25, 0.3) is 11.4 Å². The lowest BCUT2D eigenvalue weighted by atomic mass is 9.96. The van der Waals surface area contributed by atoms with Crippen molar-refractivity contribution < 1.29 is 71.9 Å². The second-order valence-corrected chi connectivity index (χ2v) is 38.6. The molecule has 0 saturated heterocycles. The van der Waals surface area contributed by atoms with E-state index in [1.54, 1.807) is 75.5 Å². The molecule has 3 aromatic heterocycles. The van der Waals surface area contributed by atoms with Crippen molar-refractivity contribution in [3.05, 3.63) is 90.0 Å². The molecule has 19 N–H and O–H groups in total. The van der Waals surface area contributed by atoms with Crippen molar-refractivity contribution in [1.29, 1.82) is 0 Å². The van der Waals surface area contributed by atoms with Gasteiger partial charge in [-0.25, -0.2) is 0 Å². The zero-order valence-electron chi connectivity index (χ0n) is 88.4. The largest absolute Gasteiger partial charge is 0.355 e. The topological polar surface area (TPSA) is 553 Å². The minimum Gasteiger partial charge on any atom is -0.355 e. The number of hydrogen-bond acceptors (Lipinski definition) is 23. The summed E-state index contributed by atoms with van der Waals surface area (Å²) in [5.74, 6) is -4.94. The van der Waals surface area contributed by atoms with Crippen LogP contribution in [0.3, 0.4) is 0 Å². The summed E-state index contributed by atoms with van der Waals surface area (Å²) in [5, 5.41) is 66.6. The standard InChI is InChI=1S/C35H58N10O5.2C33H57N7O5/c1-10-14-27(33(48)38-26(17-20(4)5)19-37-23(9)31(46)40-28(21(6)7)34(49)36-12-3)39-35(50)29(22(8)11-2)41-32(47)25-16-13-15-24(18-25)30-42-44-45-43-30;1-10-14-26(38-33(45)28(22(8)11-2)40-30(42)24-15-13-16-34-18-24)31(43)37-25(17-20(4)5)19-36-23(9)29(41)39-27(21(6)7)32(44)35-12-3;1-10-13-26(38-33(45)28(22(8)11-2)40-30(42)24-14-16-34-17-15-24)31(43)37-25(18-20(4)5)19-36-23(9)29(41)39-27(21(6)7)32(44)35-12-3/h13,15-16,18,20-23,26-29,37H,10-12,14,17,19H2,1-9H3,(H,36,49)(H,38,48)(H,39,50)(H,40,46)(H,41,47)(H,42,43,44,45);13,15-16,18,20-23,25-28,36H,10-12,14,17,19H2,1-9H3,(H,35,44)(H,37,43)(H,38,45)(H,39,41)(H,40,42);14-17,20-23,25-28,36H,10-13,18-19H2,1-9H3,(H,35,44)(H,37,43)(H,38,45)(H,39,41)(H,40,42)/t22-,23-,26-,27-,28-,29-;2*22-,23-,25-,26-,27-,28-/m000/s1. The van der Waals surface area contributed by atoms with Crippen LogP contribution in [-0.2, 0) is 57.5 Å². The summed E-state index contributed by atoms with van der Waals surface area (Å²) >= 11 is 0. The van der Waals surface area contributed by atoms with Crippen LogP contribution in [-0.4, -0.2) is 249 Å². The molecule has 786 valence electrons. The molecule has 18 atom stereocenters. The highest BCUT2D eigenvalue weighted by Gasteiger charge is 2.38. The van der Waals surface area contributed by atoms with Gasteiger partial charge in [-0.15, -0.1) is 10.2 Å². The molecule has 4 aromatic rings. The predicted octanol–water partition coefficient (Wildman–Crippen LogP) is 6.68. The zero-order valence-corrected chi connectivity index (χ0v) is 88.4. The van der Waals surface area contributed by atoms with Crippen molar-refractivity contribution in [2.45, 2.75) is 355 Å². The smallest absolute Gasteiger partial charge is 0.253 e. The van der Waals surface area contributed by atoms with Gasteiger partial charge in [0, 0.05) is 98.9 Å². The predicted molar refractivity (Wildman–Crippen MR) is 544 cm³/mol. The number of tetrazole rings is 1. The molecule has 0 saturated carbocycles. The summed E-state index contributed by atoms with van der Waals surface area (Å²) in [7, 11) is 0. The molecular weight excluding hydrogens is 1790 g/mol. The van der Waals surface area contributed by atoms with Crippen LogP contribution in [0.2, 0.25) is 0 Å². The van der Waals surface area contributed by atoms with E-state index in [0.717, 1.165) is 0 Å². The Morgan fingerprint density at radius 2 is 0.636 bits per heavy atom. The second-order valence-electron chi connectivity index (χ2n) is 38.6. The molecule has 0 aliphatic rings. The molecule has 3 heterocycles. The molecule has 140 heavy (non-hydrogen) atoms. The number of rotatable bonds is 61. The third-order valence-corrected chi connectivity index (χ3v) is 23.9. The number of pyridine rings is 2. The molecule has 1 aromatic carbocycles. The maximum Gasteiger partial charge on any atom is 0.253 e. The van der Waals surface area contributed by atoms with Crippen LogP contribution in [0.4, 0.5) is 0 Å². The first-order chi connectivity index (χ1) is 66.2. The van der Waals surface area contributed by atoms with Crippen molar-refractivity contribution >= 4 is 88.6 Å². The van der Waals surface area contributed by atoms with E-state index in [2.05, 4.69) is 126 Å². The van der Waals surface area contributed by atoms with E-state index in [9.17, 15) is 71.9 Å². The minimum absolute atomic E-state index is 0.0877. The van der Waals surface area contributed by atoms with Gasteiger partial charge in [0.25, 0.3) is 17.7 Å². The first kappa shape index (κ1) is 125. The Balaban J connectivity index is 0.000000712. The van der Waals surface area contributed by atoms with E-state index < -0.39 is 102 Å². The van der Waals surface area contributed by atoms with E-state index in [1.165, 1.54) is 18.6 Å². The summed E-state index contributed by atoms with van der Waals surface area (Å²) in [4.78, 5) is 204. The number of aromatic amines is 1. The molecule has 0 spiro atoms. The third kappa shape index (κ3) is 45.8. The quantitative estimate of drug-likeness (QED) is 0.0219. The van der Waals surface area contributed by atoms with Gasteiger partial charge in [0.15, 0.2) is 0 Å². The van der Waals surface area contributed by atoms with E-state index in [1.807, 2.05) is 166 Å². The van der Waals surface area contributed by atoms with Crippen molar-refractivity contribution in [3.63, 3.8) is 0 Å². The fourth-order valence-corrected chi connectivity index (χ4v) is 15.0. The van der Waals surface area contributed by atoms with Gasteiger partial charge in [0.05, 0.1) is 23.7 Å². The Morgan fingerprint density at radius 1 is 0.314 bits per heavy atom. The lowest BCUT2D eigenvalue weighted by molar-refractivity contribution is -0.131. The second kappa shape index (κ2) is 67.0. The minimum atomic E-state index is -0.893. The molecule has 0 unspecified atom stereocenters. The number of nitrogens with one attached hydrogen (secondary N) is 19. The number of carbonyl (C=O) groups excluding carboxylic acids is 15. The number of benzene rings is 1. The maximum absolute atomic E-state index is 13.7. The van der Waals surface area contributed by atoms with Crippen LogP contribution in [0, 0.1) is 53.3 Å². The normalized spacial score (nSPS) is 15.2. The van der Waals surface area contributed by atoms with Gasteiger partial charge in [-0.2, -0.15) is 5.21 Å². The fraction of sp³-hybridized carbons (Fsp3) is 0.683. The molecule has 0 fully saturated rings.